The number of sulfonamides is 1. The van der Waals surface area contributed by atoms with Gasteiger partial charge >= 0.3 is 0 Å². The first-order valence-electron chi connectivity index (χ1n) is 9.94. The van der Waals surface area contributed by atoms with Crippen molar-refractivity contribution in [2.45, 2.75) is 31.2 Å². The predicted octanol–water partition coefficient (Wildman–Crippen LogP) is 5.27. The summed E-state index contributed by atoms with van der Waals surface area (Å²) in [5, 5.41) is 14.8. The summed E-state index contributed by atoms with van der Waals surface area (Å²) in [5.41, 5.74) is 1.21. The average Bonchev–Trinajstić information content (AvgIpc) is 3.46. The van der Waals surface area contributed by atoms with E-state index in [1.165, 1.54) is 24.5 Å². The number of rotatable bonds is 6. The summed E-state index contributed by atoms with van der Waals surface area (Å²) in [6, 6.07) is 13.0. The zero-order chi connectivity index (χ0) is 24.5. The van der Waals surface area contributed by atoms with Crippen LogP contribution in [0.5, 0.6) is 11.5 Å². The molecular weight excluding hydrogens is 496 g/mol. The van der Waals surface area contributed by atoms with Gasteiger partial charge in [-0.3, -0.25) is 9.40 Å². The van der Waals surface area contributed by atoms with Crippen LogP contribution in [0.25, 0.3) is 11.3 Å². The molecule has 174 valence electrons. The van der Waals surface area contributed by atoms with E-state index in [0.29, 0.717) is 16.3 Å². The van der Waals surface area contributed by atoms with E-state index in [4.69, 9.17) is 16.3 Å². The summed E-state index contributed by atoms with van der Waals surface area (Å²) in [4.78, 5) is 3.71. The smallest absolute Gasteiger partial charge is 0.263 e. The van der Waals surface area contributed by atoms with E-state index in [1.54, 1.807) is 24.4 Å². The largest absolute Gasteiger partial charge is 0.455 e. The highest BCUT2D eigenvalue weighted by atomic mass is 35.5. The second-order valence-corrected chi connectivity index (χ2v) is 11.1. The van der Waals surface area contributed by atoms with Gasteiger partial charge in [0.2, 0.25) is 5.13 Å². The van der Waals surface area contributed by atoms with Gasteiger partial charge in [-0.1, -0.05) is 11.6 Å². The molecule has 2 heterocycles. The molecule has 0 bridgehead atoms. The van der Waals surface area contributed by atoms with Gasteiger partial charge in [0.15, 0.2) is 0 Å². The van der Waals surface area contributed by atoms with Crippen molar-refractivity contribution in [3.63, 3.8) is 0 Å². The lowest BCUT2D eigenvalue weighted by Gasteiger charge is -2.23. The summed E-state index contributed by atoms with van der Waals surface area (Å²) >= 11 is 7.18. The second kappa shape index (κ2) is 9.06. The molecule has 4 rings (SSSR count). The van der Waals surface area contributed by atoms with Crippen molar-refractivity contribution in [1.82, 2.24) is 19.1 Å². The van der Waals surface area contributed by atoms with E-state index in [9.17, 15) is 13.7 Å². The first-order chi connectivity index (χ1) is 16.1. The molecule has 9 nitrogen and oxygen atoms in total. The van der Waals surface area contributed by atoms with E-state index in [2.05, 4.69) is 19.2 Å². The highest BCUT2D eigenvalue weighted by Crippen LogP contribution is 2.38. The lowest BCUT2D eigenvalue weighted by atomic mass is 10.1. The van der Waals surface area contributed by atoms with Gasteiger partial charge in [0.25, 0.3) is 10.0 Å². The van der Waals surface area contributed by atoms with Gasteiger partial charge in [-0.25, -0.2) is 13.4 Å². The zero-order valence-corrected chi connectivity index (χ0v) is 20.7. The molecule has 0 fully saturated rings. The van der Waals surface area contributed by atoms with Crippen LogP contribution < -0.4 is 9.46 Å². The van der Waals surface area contributed by atoms with Gasteiger partial charge in [-0.2, -0.15) is 14.7 Å². The third kappa shape index (κ3) is 4.89. The van der Waals surface area contributed by atoms with Gasteiger partial charge < -0.3 is 4.74 Å². The van der Waals surface area contributed by atoms with E-state index in [1.807, 2.05) is 37.6 Å². The van der Waals surface area contributed by atoms with Crippen LogP contribution in [-0.4, -0.2) is 27.6 Å². The Kier molecular flexibility index (Phi) is 6.31. The van der Waals surface area contributed by atoms with Crippen molar-refractivity contribution in [2.24, 2.45) is 0 Å². The lowest BCUT2D eigenvalue weighted by molar-refractivity contribution is 0.359. The Labute approximate surface area is 205 Å². The minimum atomic E-state index is -3.95. The number of aromatic nitrogens is 4. The van der Waals surface area contributed by atoms with Crippen LogP contribution in [0.15, 0.2) is 59.9 Å². The number of ether oxygens (including phenoxy) is 1. The topological polar surface area (TPSA) is 123 Å². The summed E-state index contributed by atoms with van der Waals surface area (Å²) in [5.74, 6) is 0.636. The molecule has 0 aliphatic heterocycles. The summed E-state index contributed by atoms with van der Waals surface area (Å²) < 4.78 is 39.4. The molecule has 2 aromatic carbocycles. The van der Waals surface area contributed by atoms with E-state index in [-0.39, 0.29) is 26.9 Å². The molecule has 0 radical (unpaired) electrons. The SMILES string of the molecule is CC(C)(C)n1nccc1-c1cc(Cl)ccc1Oc1ccc(S(=O)(=O)Nc2ncns2)cc1C#N. The molecule has 34 heavy (non-hydrogen) atoms. The Balaban J connectivity index is 1.72. The Morgan fingerprint density at radius 2 is 1.91 bits per heavy atom. The molecule has 0 spiro atoms. The molecule has 0 saturated heterocycles. The maximum absolute atomic E-state index is 12.7. The average molecular weight is 515 g/mol. The molecule has 0 aliphatic carbocycles. The summed E-state index contributed by atoms with van der Waals surface area (Å²) in [6.45, 7) is 6.08. The number of hydrogen-bond donors (Lipinski definition) is 1. The van der Waals surface area contributed by atoms with Gasteiger partial charge in [-0.15, -0.1) is 0 Å². The van der Waals surface area contributed by atoms with Crippen LogP contribution >= 0.6 is 23.1 Å². The van der Waals surface area contributed by atoms with Crippen LogP contribution in [0.1, 0.15) is 26.3 Å². The number of nitrogens with one attached hydrogen (secondary N) is 1. The van der Waals surface area contributed by atoms with Gasteiger partial charge in [-0.05, 0) is 63.2 Å². The molecule has 0 saturated carbocycles. The van der Waals surface area contributed by atoms with Gasteiger partial charge in [0.1, 0.15) is 23.9 Å². The Morgan fingerprint density at radius 3 is 2.59 bits per heavy atom. The van der Waals surface area contributed by atoms with E-state index < -0.39 is 10.0 Å². The fraction of sp³-hybridized carbons (Fsp3) is 0.182. The molecule has 12 heteroatoms. The Hall–Kier alpha value is -3.46. The highest BCUT2D eigenvalue weighted by molar-refractivity contribution is 7.93. The summed E-state index contributed by atoms with van der Waals surface area (Å²) in [6.07, 6.45) is 2.94. The monoisotopic (exact) mass is 514 g/mol. The van der Waals surface area contributed by atoms with Crippen molar-refractivity contribution in [1.29, 1.82) is 5.26 Å². The number of nitrogens with zero attached hydrogens (tertiary/aromatic N) is 5. The fourth-order valence-electron chi connectivity index (χ4n) is 3.20. The molecule has 0 aliphatic rings. The molecule has 0 amide bonds. The molecule has 4 aromatic rings. The highest BCUT2D eigenvalue weighted by Gasteiger charge is 2.22. The van der Waals surface area contributed by atoms with Crippen molar-refractivity contribution < 1.29 is 13.2 Å². The van der Waals surface area contributed by atoms with E-state index in [0.717, 1.165) is 17.2 Å². The van der Waals surface area contributed by atoms with Crippen molar-refractivity contribution in [3.8, 4) is 28.8 Å². The standard InChI is InChI=1S/C22H19ClN6O3S2/c1-22(2,3)29-18(8-9-26-29)17-11-15(23)4-6-20(17)32-19-7-5-16(10-14(19)12-24)34(30,31)28-21-25-13-27-33-21/h4-11,13H,1-3H3,(H,25,27,28). The zero-order valence-electron chi connectivity index (χ0n) is 18.4. The molecular formula is C22H19ClN6O3S2. The molecule has 0 atom stereocenters. The predicted molar refractivity (Wildman–Crippen MR) is 130 cm³/mol. The first-order valence-corrected chi connectivity index (χ1v) is 12.6. The van der Waals surface area contributed by atoms with E-state index >= 15 is 0 Å². The molecule has 0 unspecified atom stereocenters. The summed E-state index contributed by atoms with van der Waals surface area (Å²) in [7, 11) is -3.95. The van der Waals surface area contributed by atoms with Crippen molar-refractivity contribution in [2.75, 3.05) is 4.72 Å². The maximum Gasteiger partial charge on any atom is 0.263 e. The van der Waals surface area contributed by atoms with Gasteiger partial charge in [0, 0.05) is 28.3 Å². The molecule has 1 N–H and O–H groups in total. The lowest BCUT2D eigenvalue weighted by Crippen LogP contribution is -2.24. The minimum Gasteiger partial charge on any atom is -0.455 e. The van der Waals surface area contributed by atoms with Crippen LogP contribution in [0.4, 0.5) is 5.13 Å². The second-order valence-electron chi connectivity index (χ2n) is 8.16. The number of anilines is 1. The van der Waals surface area contributed by atoms with Crippen LogP contribution in [0.3, 0.4) is 0 Å². The number of nitriles is 1. The minimum absolute atomic E-state index is 0.0466. The van der Waals surface area contributed by atoms with Crippen molar-refractivity contribution >= 4 is 38.3 Å². The number of halogens is 1. The quantitative estimate of drug-likeness (QED) is 0.371. The van der Waals surface area contributed by atoms with Crippen molar-refractivity contribution in [3.05, 3.63) is 65.6 Å². The maximum atomic E-state index is 12.7. The number of benzene rings is 2. The fourth-order valence-corrected chi connectivity index (χ4v) is 5.06. The van der Waals surface area contributed by atoms with Crippen LogP contribution in [0.2, 0.25) is 5.02 Å². The first kappa shape index (κ1) is 23.7. The third-order valence-electron chi connectivity index (χ3n) is 4.68. The third-order valence-corrected chi connectivity index (χ3v) is 6.96. The Morgan fingerprint density at radius 1 is 1.15 bits per heavy atom. The normalized spacial score (nSPS) is 11.7. The molecule has 2 aromatic heterocycles. The van der Waals surface area contributed by atoms with Crippen LogP contribution in [0, 0.1) is 11.3 Å². The van der Waals surface area contributed by atoms with Gasteiger partial charge in [0.05, 0.1) is 21.7 Å². The number of hydrogen-bond acceptors (Lipinski definition) is 8. The Bertz CT molecular complexity index is 1490. The van der Waals surface area contributed by atoms with Crippen LogP contribution in [-0.2, 0) is 15.6 Å².